The summed E-state index contributed by atoms with van der Waals surface area (Å²) in [5.74, 6) is 2.47. The van der Waals surface area contributed by atoms with E-state index in [1.54, 1.807) is 6.33 Å². The zero-order valence-corrected chi connectivity index (χ0v) is 12.3. The Kier molecular flexibility index (Phi) is 3.82. The predicted molar refractivity (Wildman–Crippen MR) is 81.0 cm³/mol. The van der Waals surface area contributed by atoms with Crippen molar-refractivity contribution in [3.63, 3.8) is 0 Å². The molecule has 0 bridgehead atoms. The van der Waals surface area contributed by atoms with Crippen LogP contribution in [0.1, 0.15) is 12.8 Å². The third-order valence-electron chi connectivity index (χ3n) is 3.59. The third kappa shape index (κ3) is 2.90. The van der Waals surface area contributed by atoms with Crippen LogP contribution in [0.15, 0.2) is 30.6 Å². The molecular weight excluding hydrogens is 272 g/mol. The largest absolute Gasteiger partial charge is 0.382 e. The monoisotopic (exact) mass is 290 g/mol. The minimum atomic E-state index is -0.612. The Morgan fingerprint density at radius 1 is 1.35 bits per heavy atom. The van der Waals surface area contributed by atoms with Crippen LogP contribution in [0.5, 0.6) is 0 Å². The zero-order valence-electron chi connectivity index (χ0n) is 11.5. The van der Waals surface area contributed by atoms with E-state index >= 15 is 0 Å². The number of aryl methyl sites for hydroxylation is 1. The molecule has 1 fully saturated rings. The van der Waals surface area contributed by atoms with Crippen LogP contribution < -0.4 is 5.32 Å². The van der Waals surface area contributed by atoms with Gasteiger partial charge in [0.15, 0.2) is 5.82 Å². The summed E-state index contributed by atoms with van der Waals surface area (Å²) in [5, 5.41) is 11.6. The van der Waals surface area contributed by atoms with Crippen molar-refractivity contribution >= 4 is 16.5 Å². The van der Waals surface area contributed by atoms with Crippen LogP contribution in [0.2, 0.25) is 0 Å². The Morgan fingerprint density at radius 3 is 2.85 bits per heavy atom. The molecule has 0 amide bonds. The average molecular weight is 290 g/mol. The topological polar surface area (TPSA) is 59.8 Å². The van der Waals surface area contributed by atoms with Gasteiger partial charge in [0.2, 0.25) is 0 Å². The standard InChI is InChI=1S/C14H18N4OS/c1-18-10-15-17-14(18)11-3-2-4-13(9-11)16-12-5-7-20(19)8-6-12/h2-4,9-10,12,16H,5-8H2,1H3. The first kappa shape index (κ1) is 13.3. The summed E-state index contributed by atoms with van der Waals surface area (Å²) in [6.07, 6.45) is 3.65. The number of benzene rings is 1. The molecule has 0 saturated carbocycles. The smallest absolute Gasteiger partial charge is 0.163 e. The van der Waals surface area contributed by atoms with Gasteiger partial charge in [0.1, 0.15) is 6.33 Å². The molecule has 1 aliphatic heterocycles. The Labute approximate surface area is 120 Å². The summed E-state index contributed by atoms with van der Waals surface area (Å²) in [7, 11) is 1.32. The highest BCUT2D eigenvalue weighted by atomic mass is 32.2. The first-order chi connectivity index (χ1) is 9.72. The fourth-order valence-electron chi connectivity index (χ4n) is 2.47. The van der Waals surface area contributed by atoms with E-state index in [2.05, 4.69) is 27.6 Å². The second-order valence-electron chi connectivity index (χ2n) is 5.11. The predicted octanol–water partition coefficient (Wildman–Crippen LogP) is 1.81. The van der Waals surface area contributed by atoms with Crippen LogP contribution in [0, 0.1) is 0 Å². The molecule has 2 aromatic rings. The summed E-state index contributed by atoms with van der Waals surface area (Å²) in [5.41, 5.74) is 2.14. The number of rotatable bonds is 3. The van der Waals surface area contributed by atoms with Crippen LogP contribution in [0.3, 0.4) is 0 Å². The van der Waals surface area contributed by atoms with Crippen molar-refractivity contribution in [2.75, 3.05) is 16.8 Å². The maximum absolute atomic E-state index is 11.4. The number of nitrogens with zero attached hydrogens (tertiary/aromatic N) is 3. The van der Waals surface area contributed by atoms with Gasteiger partial charge in [-0.25, -0.2) is 0 Å². The molecule has 1 saturated heterocycles. The van der Waals surface area contributed by atoms with Crippen LogP contribution in [-0.4, -0.2) is 36.5 Å². The lowest BCUT2D eigenvalue weighted by Gasteiger charge is -2.23. The molecule has 1 aromatic heterocycles. The van der Waals surface area contributed by atoms with Crippen molar-refractivity contribution in [1.82, 2.24) is 14.8 Å². The van der Waals surface area contributed by atoms with Crippen LogP contribution >= 0.6 is 0 Å². The summed E-state index contributed by atoms with van der Waals surface area (Å²) < 4.78 is 13.3. The molecule has 106 valence electrons. The molecule has 2 heterocycles. The van der Waals surface area contributed by atoms with Gasteiger partial charge in [-0.15, -0.1) is 10.2 Å². The molecule has 1 aromatic carbocycles. The zero-order chi connectivity index (χ0) is 13.9. The van der Waals surface area contributed by atoms with Gasteiger partial charge in [0.05, 0.1) is 0 Å². The summed E-state index contributed by atoms with van der Waals surface area (Å²) in [4.78, 5) is 0. The van der Waals surface area contributed by atoms with Gasteiger partial charge in [0.25, 0.3) is 0 Å². The quantitative estimate of drug-likeness (QED) is 0.936. The molecule has 6 heteroatoms. The van der Waals surface area contributed by atoms with Gasteiger partial charge in [-0.3, -0.25) is 4.21 Å². The van der Waals surface area contributed by atoms with E-state index < -0.39 is 10.8 Å². The lowest BCUT2D eigenvalue weighted by molar-refractivity contribution is 0.624. The van der Waals surface area contributed by atoms with Crippen LogP contribution in [-0.2, 0) is 17.8 Å². The van der Waals surface area contributed by atoms with Crippen molar-refractivity contribution in [2.45, 2.75) is 18.9 Å². The number of hydrogen-bond acceptors (Lipinski definition) is 4. The number of nitrogens with one attached hydrogen (secondary N) is 1. The van der Waals surface area contributed by atoms with Gasteiger partial charge in [-0.1, -0.05) is 12.1 Å². The molecule has 0 atom stereocenters. The van der Waals surface area contributed by atoms with E-state index in [0.717, 1.165) is 41.4 Å². The SMILES string of the molecule is Cn1cnnc1-c1cccc(NC2CCS(=O)CC2)c1. The highest BCUT2D eigenvalue weighted by molar-refractivity contribution is 7.85. The number of anilines is 1. The van der Waals surface area contributed by atoms with E-state index in [1.165, 1.54) is 0 Å². The van der Waals surface area contributed by atoms with Gasteiger partial charge < -0.3 is 9.88 Å². The molecule has 0 aliphatic carbocycles. The molecule has 5 nitrogen and oxygen atoms in total. The van der Waals surface area contributed by atoms with Crippen molar-refractivity contribution in [1.29, 1.82) is 0 Å². The van der Waals surface area contributed by atoms with Gasteiger partial charge in [-0.05, 0) is 25.0 Å². The highest BCUT2D eigenvalue weighted by Crippen LogP contribution is 2.22. The summed E-state index contributed by atoms with van der Waals surface area (Å²) in [6, 6.07) is 8.63. The van der Waals surface area contributed by atoms with Gasteiger partial charge >= 0.3 is 0 Å². The number of aromatic nitrogens is 3. The molecule has 0 radical (unpaired) electrons. The molecule has 1 N–H and O–H groups in total. The van der Waals surface area contributed by atoms with Crippen LogP contribution in [0.25, 0.3) is 11.4 Å². The van der Waals surface area contributed by atoms with Crippen molar-refractivity contribution in [3.8, 4) is 11.4 Å². The molecule has 0 spiro atoms. The van der Waals surface area contributed by atoms with E-state index in [4.69, 9.17) is 0 Å². The maximum atomic E-state index is 11.4. The molecule has 1 aliphatic rings. The van der Waals surface area contributed by atoms with Crippen LogP contribution in [0.4, 0.5) is 5.69 Å². The second-order valence-corrected chi connectivity index (χ2v) is 6.81. The Bertz CT molecular complexity index is 615. The molecule has 20 heavy (non-hydrogen) atoms. The first-order valence-electron chi connectivity index (χ1n) is 6.78. The highest BCUT2D eigenvalue weighted by Gasteiger charge is 2.17. The first-order valence-corrected chi connectivity index (χ1v) is 8.27. The summed E-state index contributed by atoms with van der Waals surface area (Å²) >= 11 is 0. The van der Waals surface area contributed by atoms with E-state index in [9.17, 15) is 4.21 Å². The van der Waals surface area contributed by atoms with Gasteiger partial charge in [0, 0.05) is 46.6 Å². The Hall–Kier alpha value is -1.69. The minimum Gasteiger partial charge on any atom is -0.382 e. The third-order valence-corrected chi connectivity index (χ3v) is 4.97. The van der Waals surface area contributed by atoms with Gasteiger partial charge in [-0.2, -0.15) is 0 Å². The van der Waals surface area contributed by atoms with Crippen molar-refractivity contribution in [3.05, 3.63) is 30.6 Å². The average Bonchev–Trinajstić information content (AvgIpc) is 2.88. The maximum Gasteiger partial charge on any atom is 0.163 e. The lowest BCUT2D eigenvalue weighted by Crippen LogP contribution is -2.29. The second kappa shape index (κ2) is 5.75. The molecule has 3 rings (SSSR count). The Balaban J connectivity index is 1.75. The van der Waals surface area contributed by atoms with E-state index in [-0.39, 0.29) is 0 Å². The summed E-state index contributed by atoms with van der Waals surface area (Å²) in [6.45, 7) is 0. The fraction of sp³-hybridized carbons (Fsp3) is 0.429. The lowest BCUT2D eigenvalue weighted by atomic mass is 10.1. The molecule has 0 unspecified atom stereocenters. The van der Waals surface area contributed by atoms with E-state index in [0.29, 0.717) is 6.04 Å². The normalized spacial score (nSPS) is 22.6. The Morgan fingerprint density at radius 2 is 2.15 bits per heavy atom. The fourth-order valence-corrected chi connectivity index (χ4v) is 3.77. The van der Waals surface area contributed by atoms with Crippen molar-refractivity contribution in [2.24, 2.45) is 7.05 Å². The number of hydrogen-bond donors (Lipinski definition) is 1. The van der Waals surface area contributed by atoms with E-state index in [1.807, 2.05) is 23.7 Å². The van der Waals surface area contributed by atoms with Crippen molar-refractivity contribution < 1.29 is 4.21 Å². The minimum absolute atomic E-state index is 0.419. The molecular formula is C14H18N4OS.